The van der Waals surface area contributed by atoms with Crippen LogP contribution in [0.5, 0.6) is 0 Å². The Morgan fingerprint density at radius 3 is 2.63 bits per heavy atom. The smallest absolute Gasteiger partial charge is 0.227 e. The van der Waals surface area contributed by atoms with E-state index in [4.69, 9.17) is 39.5 Å². The molecule has 6 nitrogen and oxygen atoms in total. The highest BCUT2D eigenvalue weighted by atomic mass is 35.5. The zero-order chi connectivity index (χ0) is 21.1. The van der Waals surface area contributed by atoms with E-state index < -0.39 is 0 Å². The maximum absolute atomic E-state index is 6.36. The van der Waals surface area contributed by atoms with Crippen LogP contribution < -0.4 is 15.5 Å². The van der Waals surface area contributed by atoms with E-state index in [1.165, 1.54) is 0 Å². The summed E-state index contributed by atoms with van der Waals surface area (Å²) in [6.45, 7) is 5.76. The molecule has 162 valence electrons. The Labute approximate surface area is 192 Å². The predicted molar refractivity (Wildman–Crippen MR) is 123 cm³/mol. The van der Waals surface area contributed by atoms with Gasteiger partial charge in [0.1, 0.15) is 5.02 Å². The average Bonchev–Trinajstić information content (AvgIpc) is 3.23. The van der Waals surface area contributed by atoms with Crippen LogP contribution in [0.4, 0.5) is 11.8 Å². The van der Waals surface area contributed by atoms with Crippen molar-refractivity contribution in [2.75, 3.05) is 36.4 Å². The van der Waals surface area contributed by atoms with E-state index in [1.54, 1.807) is 12.3 Å². The maximum atomic E-state index is 6.36. The van der Waals surface area contributed by atoms with E-state index in [2.05, 4.69) is 25.5 Å². The van der Waals surface area contributed by atoms with E-state index in [-0.39, 0.29) is 6.04 Å². The fraction of sp³-hybridized carbons (Fsp3) is 0.524. The molecule has 0 radical (unpaired) electrons. The number of nitrogens with zero attached hydrogens (tertiary/aromatic N) is 3. The van der Waals surface area contributed by atoms with Crippen molar-refractivity contribution < 1.29 is 4.74 Å². The molecular formula is C21H26Cl3N5O. The molecular weight excluding hydrogens is 445 g/mol. The molecule has 4 rings (SSSR count). The number of piperidine rings is 1. The van der Waals surface area contributed by atoms with Crippen molar-refractivity contribution in [2.45, 2.75) is 44.4 Å². The fourth-order valence-corrected chi connectivity index (χ4v) is 4.67. The number of halogens is 3. The van der Waals surface area contributed by atoms with Crippen molar-refractivity contribution in [3.63, 3.8) is 0 Å². The standard InChI is InChI=1S/C21H26Cl3N5O/c1-13(17-3-2-14(22)10-18(17)23)27-20-19(24)12-26-21(28-20)29-8-5-15(6-9-29)30-16-4-7-25-11-16/h2-3,10,12-13,15-16,25H,4-9,11H2,1H3,(H,26,27,28)/t13-,16?/m1/s1. The minimum Gasteiger partial charge on any atom is -0.373 e. The number of nitrogens with one attached hydrogen (secondary N) is 2. The van der Waals surface area contributed by atoms with Gasteiger partial charge in [-0.15, -0.1) is 0 Å². The zero-order valence-electron chi connectivity index (χ0n) is 16.9. The number of benzene rings is 1. The number of rotatable bonds is 6. The first-order chi connectivity index (χ1) is 14.5. The van der Waals surface area contributed by atoms with Gasteiger partial charge in [-0.1, -0.05) is 40.9 Å². The largest absolute Gasteiger partial charge is 0.373 e. The first-order valence-electron chi connectivity index (χ1n) is 10.3. The van der Waals surface area contributed by atoms with Crippen molar-refractivity contribution in [3.8, 4) is 0 Å². The van der Waals surface area contributed by atoms with E-state index in [0.29, 0.717) is 39.0 Å². The van der Waals surface area contributed by atoms with Gasteiger partial charge in [-0.3, -0.25) is 0 Å². The number of hydrogen-bond donors (Lipinski definition) is 2. The van der Waals surface area contributed by atoms with Crippen LogP contribution in [-0.4, -0.2) is 48.4 Å². The van der Waals surface area contributed by atoms with Gasteiger partial charge in [0.05, 0.1) is 24.4 Å². The van der Waals surface area contributed by atoms with E-state index in [1.807, 2.05) is 19.1 Å². The highest BCUT2D eigenvalue weighted by molar-refractivity contribution is 6.35. The molecule has 0 bridgehead atoms. The molecule has 0 saturated carbocycles. The van der Waals surface area contributed by atoms with Crippen LogP contribution >= 0.6 is 34.8 Å². The lowest BCUT2D eigenvalue weighted by molar-refractivity contribution is -0.0132. The van der Waals surface area contributed by atoms with Crippen LogP contribution in [0.3, 0.4) is 0 Å². The van der Waals surface area contributed by atoms with Gasteiger partial charge in [-0.25, -0.2) is 4.98 Å². The molecule has 9 heteroatoms. The summed E-state index contributed by atoms with van der Waals surface area (Å²) >= 11 is 18.7. The molecule has 2 aliphatic rings. The first-order valence-corrected chi connectivity index (χ1v) is 11.5. The Kier molecular flexibility index (Phi) is 7.21. The molecule has 3 heterocycles. The van der Waals surface area contributed by atoms with Crippen LogP contribution in [0, 0.1) is 0 Å². The summed E-state index contributed by atoms with van der Waals surface area (Å²) in [4.78, 5) is 11.3. The van der Waals surface area contributed by atoms with Gasteiger partial charge in [-0.05, 0) is 50.4 Å². The van der Waals surface area contributed by atoms with Crippen molar-refractivity contribution in [2.24, 2.45) is 0 Å². The number of anilines is 2. The summed E-state index contributed by atoms with van der Waals surface area (Å²) in [6, 6.07) is 5.37. The second-order valence-corrected chi connectivity index (χ2v) is 9.09. The molecule has 1 aromatic carbocycles. The molecule has 2 atom stereocenters. The molecule has 0 amide bonds. The Morgan fingerprint density at radius 2 is 1.93 bits per heavy atom. The van der Waals surface area contributed by atoms with E-state index in [9.17, 15) is 0 Å². The monoisotopic (exact) mass is 469 g/mol. The fourth-order valence-electron chi connectivity index (χ4n) is 3.96. The van der Waals surface area contributed by atoms with Gasteiger partial charge >= 0.3 is 0 Å². The third-order valence-electron chi connectivity index (χ3n) is 5.64. The molecule has 30 heavy (non-hydrogen) atoms. The zero-order valence-corrected chi connectivity index (χ0v) is 19.1. The van der Waals surface area contributed by atoms with Crippen molar-refractivity contribution in [3.05, 3.63) is 45.0 Å². The Morgan fingerprint density at radius 1 is 1.13 bits per heavy atom. The summed E-state index contributed by atoms with van der Waals surface area (Å²) in [7, 11) is 0. The minimum atomic E-state index is -0.0887. The van der Waals surface area contributed by atoms with Crippen LogP contribution in [0.25, 0.3) is 0 Å². The lowest BCUT2D eigenvalue weighted by atomic mass is 10.1. The van der Waals surface area contributed by atoms with Crippen molar-refractivity contribution in [1.82, 2.24) is 15.3 Å². The quantitative estimate of drug-likeness (QED) is 0.622. The summed E-state index contributed by atoms with van der Waals surface area (Å²) in [6.07, 6.45) is 5.36. The van der Waals surface area contributed by atoms with Gasteiger partial charge in [0.15, 0.2) is 5.82 Å². The summed E-state index contributed by atoms with van der Waals surface area (Å²) in [5.41, 5.74) is 0.927. The van der Waals surface area contributed by atoms with Crippen molar-refractivity contribution in [1.29, 1.82) is 0 Å². The SMILES string of the molecule is C[C@@H](Nc1nc(N2CCC(OC3CCNC3)CC2)ncc1Cl)c1ccc(Cl)cc1Cl. The predicted octanol–water partition coefficient (Wildman–Crippen LogP) is 4.96. The molecule has 2 fully saturated rings. The highest BCUT2D eigenvalue weighted by Crippen LogP contribution is 2.31. The van der Waals surface area contributed by atoms with E-state index in [0.717, 1.165) is 51.0 Å². The van der Waals surface area contributed by atoms with E-state index >= 15 is 0 Å². The third kappa shape index (κ3) is 5.29. The lowest BCUT2D eigenvalue weighted by Crippen LogP contribution is -2.39. The molecule has 1 aromatic heterocycles. The van der Waals surface area contributed by atoms with Crippen LogP contribution in [0.2, 0.25) is 15.1 Å². The average molecular weight is 471 g/mol. The topological polar surface area (TPSA) is 62.3 Å². The van der Waals surface area contributed by atoms with Gasteiger partial charge in [0.2, 0.25) is 5.95 Å². The van der Waals surface area contributed by atoms with Crippen LogP contribution in [0.15, 0.2) is 24.4 Å². The third-order valence-corrected chi connectivity index (χ3v) is 6.48. The molecule has 2 N–H and O–H groups in total. The molecule has 0 spiro atoms. The van der Waals surface area contributed by atoms with Crippen LogP contribution in [-0.2, 0) is 4.74 Å². The van der Waals surface area contributed by atoms with Gasteiger partial charge < -0.3 is 20.3 Å². The number of aromatic nitrogens is 2. The summed E-state index contributed by atoms with van der Waals surface area (Å²) < 4.78 is 6.22. The number of hydrogen-bond acceptors (Lipinski definition) is 6. The Balaban J connectivity index is 1.39. The lowest BCUT2D eigenvalue weighted by Gasteiger charge is -2.33. The Bertz CT molecular complexity index is 870. The Hall–Kier alpha value is -1.31. The molecule has 2 aromatic rings. The van der Waals surface area contributed by atoms with Gasteiger partial charge in [-0.2, -0.15) is 4.98 Å². The second-order valence-electron chi connectivity index (χ2n) is 7.84. The van der Waals surface area contributed by atoms with Crippen LogP contribution in [0.1, 0.15) is 37.8 Å². The highest BCUT2D eigenvalue weighted by Gasteiger charge is 2.26. The van der Waals surface area contributed by atoms with Crippen molar-refractivity contribution >= 4 is 46.6 Å². The molecule has 2 aliphatic heterocycles. The second kappa shape index (κ2) is 9.88. The minimum absolute atomic E-state index is 0.0887. The van der Waals surface area contributed by atoms with Gasteiger partial charge in [0, 0.05) is 29.7 Å². The summed E-state index contributed by atoms with van der Waals surface area (Å²) in [5.74, 6) is 1.27. The normalized spacial score (nSPS) is 21.1. The summed E-state index contributed by atoms with van der Waals surface area (Å²) in [5, 5.41) is 8.39. The number of ether oxygens (including phenoxy) is 1. The molecule has 1 unspecified atom stereocenters. The molecule has 0 aliphatic carbocycles. The maximum Gasteiger partial charge on any atom is 0.227 e. The van der Waals surface area contributed by atoms with Gasteiger partial charge in [0.25, 0.3) is 0 Å². The molecule has 2 saturated heterocycles. The first kappa shape index (κ1) is 21.9.